The maximum absolute atomic E-state index is 11.3. The number of rotatable bonds is 6. The Morgan fingerprint density at radius 2 is 1.94 bits per heavy atom. The minimum Gasteiger partial charge on any atom is -0.483 e. The van der Waals surface area contributed by atoms with E-state index in [1.54, 1.807) is 0 Å². The molecule has 0 saturated carbocycles. The summed E-state index contributed by atoms with van der Waals surface area (Å²) in [5.74, 6) is 0.374. The number of hydrogen-bond acceptors (Lipinski definition) is 4. The molecule has 1 aromatic carbocycles. The van der Waals surface area contributed by atoms with Crippen molar-refractivity contribution in [3.8, 4) is 5.75 Å². The number of para-hydroxylation sites is 1. The lowest BCUT2D eigenvalue weighted by Gasteiger charge is -2.11. The smallest absolute Gasteiger partial charge is 0.281 e. The Hall–Kier alpha value is -1.59. The van der Waals surface area contributed by atoms with Crippen LogP contribution in [0.3, 0.4) is 0 Å². The molecule has 0 saturated heterocycles. The summed E-state index contributed by atoms with van der Waals surface area (Å²) in [6.45, 7) is 3.79. The molecule has 0 aliphatic rings. The molecule has 17 heavy (non-hydrogen) atoms. The van der Waals surface area contributed by atoms with Gasteiger partial charge < -0.3 is 9.47 Å². The van der Waals surface area contributed by atoms with E-state index < -0.39 is 0 Å². The van der Waals surface area contributed by atoms with Crippen LogP contribution in [0.1, 0.15) is 11.1 Å². The topological polar surface area (TPSA) is 56.8 Å². The van der Waals surface area contributed by atoms with Gasteiger partial charge in [0.25, 0.3) is 5.91 Å². The first-order chi connectivity index (χ1) is 8.15. The number of carbonyl (C=O) groups is 1. The molecule has 0 heterocycles. The molecular formula is C12H17NO4. The van der Waals surface area contributed by atoms with Crippen molar-refractivity contribution < 1.29 is 19.1 Å². The molecule has 1 N–H and O–H groups in total. The zero-order chi connectivity index (χ0) is 12.7. The Bertz CT molecular complexity index is 359. The number of ether oxygens (including phenoxy) is 2. The largest absolute Gasteiger partial charge is 0.483 e. The van der Waals surface area contributed by atoms with Gasteiger partial charge in [-0.15, -0.1) is 0 Å². The molecule has 94 valence electrons. The van der Waals surface area contributed by atoms with Crippen LogP contribution in [0.5, 0.6) is 5.75 Å². The van der Waals surface area contributed by atoms with Crippen LogP contribution < -0.4 is 10.2 Å². The van der Waals surface area contributed by atoms with Gasteiger partial charge in [-0.3, -0.25) is 4.79 Å². The SMILES string of the molecule is COCONC(=O)COc1c(C)cccc1C. The molecule has 0 fully saturated rings. The van der Waals surface area contributed by atoms with E-state index in [1.165, 1.54) is 7.11 Å². The number of methoxy groups -OCH3 is 1. The van der Waals surface area contributed by atoms with Crippen molar-refractivity contribution in [2.75, 3.05) is 20.5 Å². The molecule has 0 spiro atoms. The van der Waals surface area contributed by atoms with Gasteiger partial charge >= 0.3 is 0 Å². The molecule has 1 amide bonds. The lowest BCUT2D eigenvalue weighted by atomic mass is 10.1. The zero-order valence-corrected chi connectivity index (χ0v) is 10.3. The number of aryl methyl sites for hydroxylation is 2. The average Bonchev–Trinajstić information content (AvgIpc) is 2.29. The predicted octanol–water partition coefficient (Wildman–Crippen LogP) is 1.33. The monoisotopic (exact) mass is 239 g/mol. The summed E-state index contributed by atoms with van der Waals surface area (Å²) >= 11 is 0. The highest BCUT2D eigenvalue weighted by Gasteiger charge is 2.06. The standard InChI is InChI=1S/C12H17NO4/c1-9-5-4-6-10(2)12(9)16-7-11(14)13-17-8-15-3/h4-6H,7-8H2,1-3H3,(H,13,14). The van der Waals surface area contributed by atoms with Crippen molar-refractivity contribution in [1.82, 2.24) is 5.48 Å². The molecule has 5 heteroatoms. The Labute approximate surface area is 101 Å². The van der Waals surface area contributed by atoms with Gasteiger partial charge in [-0.25, -0.2) is 10.3 Å². The number of carbonyl (C=O) groups excluding carboxylic acids is 1. The lowest BCUT2D eigenvalue weighted by Crippen LogP contribution is -2.29. The van der Waals surface area contributed by atoms with Crippen LogP contribution in [0, 0.1) is 13.8 Å². The van der Waals surface area contributed by atoms with Gasteiger partial charge in [0.05, 0.1) is 0 Å². The van der Waals surface area contributed by atoms with Gasteiger partial charge in [-0.1, -0.05) is 18.2 Å². The van der Waals surface area contributed by atoms with E-state index in [0.717, 1.165) is 16.9 Å². The third-order valence-corrected chi connectivity index (χ3v) is 2.12. The van der Waals surface area contributed by atoms with Crippen LogP contribution in [0.4, 0.5) is 0 Å². The van der Waals surface area contributed by atoms with Gasteiger partial charge in [-0.2, -0.15) is 0 Å². The van der Waals surface area contributed by atoms with Gasteiger partial charge in [0, 0.05) is 7.11 Å². The van der Waals surface area contributed by atoms with Gasteiger partial charge in [0.1, 0.15) is 5.75 Å². The number of nitrogens with one attached hydrogen (secondary N) is 1. The fourth-order valence-electron chi connectivity index (χ4n) is 1.36. The number of hydroxylamine groups is 1. The van der Waals surface area contributed by atoms with E-state index in [-0.39, 0.29) is 19.3 Å². The van der Waals surface area contributed by atoms with Crippen LogP contribution in [-0.4, -0.2) is 26.4 Å². The first-order valence-electron chi connectivity index (χ1n) is 5.23. The van der Waals surface area contributed by atoms with Crippen LogP contribution >= 0.6 is 0 Å². The van der Waals surface area contributed by atoms with Gasteiger partial charge in [0.15, 0.2) is 13.4 Å². The van der Waals surface area contributed by atoms with Crippen molar-refractivity contribution >= 4 is 5.91 Å². The molecule has 1 aromatic rings. The zero-order valence-electron chi connectivity index (χ0n) is 10.3. The summed E-state index contributed by atoms with van der Waals surface area (Å²) in [7, 11) is 1.47. The molecule has 0 aromatic heterocycles. The van der Waals surface area contributed by atoms with E-state index in [4.69, 9.17) is 9.57 Å². The van der Waals surface area contributed by atoms with Crippen molar-refractivity contribution in [3.05, 3.63) is 29.3 Å². The van der Waals surface area contributed by atoms with Crippen LogP contribution in [0.2, 0.25) is 0 Å². The van der Waals surface area contributed by atoms with Crippen molar-refractivity contribution in [3.63, 3.8) is 0 Å². The van der Waals surface area contributed by atoms with Crippen molar-refractivity contribution in [1.29, 1.82) is 0 Å². The Morgan fingerprint density at radius 3 is 2.53 bits per heavy atom. The number of hydrogen-bond donors (Lipinski definition) is 1. The Balaban J connectivity index is 2.42. The highest BCUT2D eigenvalue weighted by Crippen LogP contribution is 2.21. The number of benzene rings is 1. The predicted molar refractivity (Wildman–Crippen MR) is 62.5 cm³/mol. The second-order valence-electron chi connectivity index (χ2n) is 3.59. The minimum absolute atomic E-state index is 0.00906. The number of amides is 1. The van der Waals surface area contributed by atoms with Gasteiger partial charge in [0.2, 0.25) is 0 Å². The average molecular weight is 239 g/mol. The van der Waals surface area contributed by atoms with Crippen molar-refractivity contribution in [2.24, 2.45) is 0 Å². The summed E-state index contributed by atoms with van der Waals surface area (Å²) in [5, 5.41) is 0. The second-order valence-corrected chi connectivity index (χ2v) is 3.59. The molecule has 0 aliphatic carbocycles. The highest BCUT2D eigenvalue weighted by atomic mass is 16.8. The third-order valence-electron chi connectivity index (χ3n) is 2.12. The fourth-order valence-corrected chi connectivity index (χ4v) is 1.36. The molecule has 0 bridgehead atoms. The summed E-state index contributed by atoms with van der Waals surface area (Å²) in [6.07, 6.45) is 0. The van der Waals surface area contributed by atoms with Crippen LogP contribution in [-0.2, 0) is 14.4 Å². The summed E-state index contributed by atoms with van der Waals surface area (Å²) in [5.41, 5.74) is 4.20. The summed E-state index contributed by atoms with van der Waals surface area (Å²) < 4.78 is 10.0. The molecule has 0 unspecified atom stereocenters. The van der Waals surface area contributed by atoms with E-state index in [0.29, 0.717) is 0 Å². The van der Waals surface area contributed by atoms with Gasteiger partial charge in [-0.05, 0) is 25.0 Å². The van der Waals surface area contributed by atoms with Crippen molar-refractivity contribution in [2.45, 2.75) is 13.8 Å². The minimum atomic E-state index is -0.357. The van der Waals surface area contributed by atoms with E-state index in [9.17, 15) is 4.79 Å². The third kappa shape index (κ3) is 4.42. The molecular weight excluding hydrogens is 222 g/mol. The van der Waals surface area contributed by atoms with E-state index in [2.05, 4.69) is 10.2 Å². The normalized spacial score (nSPS) is 10.1. The summed E-state index contributed by atoms with van der Waals surface area (Å²) in [4.78, 5) is 16.0. The summed E-state index contributed by atoms with van der Waals surface area (Å²) in [6, 6.07) is 5.81. The maximum Gasteiger partial charge on any atom is 0.281 e. The Kier molecular flexibility index (Phi) is 5.45. The highest BCUT2D eigenvalue weighted by molar-refractivity contribution is 5.76. The quantitative estimate of drug-likeness (QED) is 0.462. The Morgan fingerprint density at radius 1 is 1.29 bits per heavy atom. The molecule has 5 nitrogen and oxygen atoms in total. The fraction of sp³-hybridized carbons (Fsp3) is 0.417. The van der Waals surface area contributed by atoms with Crippen LogP contribution in [0.15, 0.2) is 18.2 Å². The molecule has 0 atom stereocenters. The molecule has 0 aliphatic heterocycles. The van der Waals surface area contributed by atoms with E-state index >= 15 is 0 Å². The molecule has 0 radical (unpaired) electrons. The maximum atomic E-state index is 11.3. The second kappa shape index (κ2) is 6.88. The van der Waals surface area contributed by atoms with Crippen LogP contribution in [0.25, 0.3) is 0 Å². The van der Waals surface area contributed by atoms with E-state index in [1.807, 2.05) is 32.0 Å². The molecule has 1 rings (SSSR count). The first kappa shape index (κ1) is 13.5. The lowest BCUT2D eigenvalue weighted by molar-refractivity contribution is -0.146. The first-order valence-corrected chi connectivity index (χ1v) is 5.23.